The molecule has 96 valence electrons. The van der Waals surface area contributed by atoms with E-state index in [1.54, 1.807) is 7.11 Å². The average molecular weight is 230 g/mol. The number of aliphatic hydroxyl groups excluding tert-OH is 1. The van der Waals surface area contributed by atoms with Gasteiger partial charge in [0.15, 0.2) is 0 Å². The minimum atomic E-state index is -0.0364. The maximum atomic E-state index is 9.61. The molecule has 0 aromatic carbocycles. The minimum Gasteiger partial charge on any atom is -0.394 e. The van der Waals surface area contributed by atoms with Gasteiger partial charge in [0.1, 0.15) is 0 Å². The van der Waals surface area contributed by atoms with E-state index in [4.69, 9.17) is 4.74 Å². The van der Waals surface area contributed by atoms with Crippen molar-refractivity contribution in [3.63, 3.8) is 0 Å². The normalized spacial score (nSPS) is 27.6. The van der Waals surface area contributed by atoms with Crippen molar-refractivity contribution in [3.05, 3.63) is 0 Å². The third-order valence-corrected chi connectivity index (χ3v) is 3.70. The molecule has 0 spiro atoms. The Balaban J connectivity index is 2.45. The fourth-order valence-corrected chi connectivity index (χ4v) is 2.46. The van der Waals surface area contributed by atoms with Gasteiger partial charge in [-0.1, -0.05) is 0 Å². The molecular formula is C12H26N2O2. The second kappa shape index (κ2) is 6.55. The molecule has 1 N–H and O–H groups in total. The Morgan fingerprint density at radius 3 is 2.75 bits per heavy atom. The zero-order valence-corrected chi connectivity index (χ0v) is 10.9. The third-order valence-electron chi connectivity index (χ3n) is 3.70. The summed E-state index contributed by atoms with van der Waals surface area (Å²) in [7, 11) is 5.87. The van der Waals surface area contributed by atoms with E-state index >= 15 is 0 Å². The van der Waals surface area contributed by atoms with Crippen LogP contribution in [0.3, 0.4) is 0 Å². The van der Waals surface area contributed by atoms with Crippen molar-refractivity contribution in [1.29, 1.82) is 0 Å². The first-order chi connectivity index (χ1) is 7.64. The van der Waals surface area contributed by atoms with Crippen LogP contribution in [0.15, 0.2) is 0 Å². The van der Waals surface area contributed by atoms with Crippen LogP contribution >= 0.6 is 0 Å². The van der Waals surface area contributed by atoms with E-state index < -0.39 is 0 Å². The third kappa shape index (κ3) is 3.42. The lowest BCUT2D eigenvalue weighted by molar-refractivity contribution is -0.00206. The Bertz CT molecular complexity index is 199. The van der Waals surface area contributed by atoms with Crippen molar-refractivity contribution < 1.29 is 9.84 Å². The molecule has 0 aromatic heterocycles. The monoisotopic (exact) mass is 230 g/mol. The molecule has 1 fully saturated rings. The Morgan fingerprint density at radius 2 is 2.19 bits per heavy atom. The van der Waals surface area contributed by atoms with Gasteiger partial charge in [-0.25, -0.2) is 0 Å². The van der Waals surface area contributed by atoms with Crippen LogP contribution in [0.25, 0.3) is 0 Å². The molecule has 0 amide bonds. The summed E-state index contributed by atoms with van der Waals surface area (Å²) in [4.78, 5) is 4.62. The van der Waals surface area contributed by atoms with E-state index in [1.807, 2.05) is 0 Å². The number of ether oxygens (including phenoxy) is 1. The number of methoxy groups -OCH3 is 1. The van der Waals surface area contributed by atoms with Gasteiger partial charge < -0.3 is 19.6 Å². The lowest BCUT2D eigenvalue weighted by Crippen LogP contribution is -2.58. The van der Waals surface area contributed by atoms with Gasteiger partial charge in [0.05, 0.1) is 12.1 Å². The van der Waals surface area contributed by atoms with E-state index in [-0.39, 0.29) is 12.1 Å². The Morgan fingerprint density at radius 1 is 1.44 bits per heavy atom. The molecule has 0 aromatic rings. The molecule has 0 bridgehead atoms. The molecule has 0 radical (unpaired) electrons. The fraction of sp³-hybridized carbons (Fsp3) is 1.00. The average Bonchev–Trinajstić information content (AvgIpc) is 2.29. The van der Waals surface area contributed by atoms with Gasteiger partial charge in [0, 0.05) is 26.8 Å². The van der Waals surface area contributed by atoms with Crippen LogP contribution in [-0.4, -0.2) is 74.5 Å². The molecule has 4 nitrogen and oxygen atoms in total. The van der Waals surface area contributed by atoms with E-state index in [1.165, 1.54) is 6.42 Å². The highest BCUT2D eigenvalue weighted by Gasteiger charge is 2.36. The van der Waals surface area contributed by atoms with Crippen LogP contribution in [-0.2, 0) is 4.74 Å². The highest BCUT2D eigenvalue weighted by molar-refractivity contribution is 4.94. The summed E-state index contributed by atoms with van der Waals surface area (Å²) in [6.45, 7) is 4.27. The highest BCUT2D eigenvalue weighted by Crippen LogP contribution is 2.25. The van der Waals surface area contributed by atoms with E-state index in [0.29, 0.717) is 0 Å². The second-order valence-electron chi connectivity index (χ2n) is 5.00. The second-order valence-corrected chi connectivity index (χ2v) is 5.00. The summed E-state index contributed by atoms with van der Waals surface area (Å²) in [6.07, 6.45) is 3.34. The number of piperidine rings is 1. The van der Waals surface area contributed by atoms with Crippen molar-refractivity contribution in [2.24, 2.45) is 0 Å². The number of aliphatic hydroxyl groups is 1. The molecule has 1 saturated heterocycles. The molecule has 0 saturated carbocycles. The number of nitrogens with zero attached hydrogens (tertiary/aromatic N) is 2. The van der Waals surface area contributed by atoms with E-state index in [2.05, 4.69) is 23.9 Å². The SMILES string of the molecule is COCCCN1CCCC(CO)(N(C)C)C1. The summed E-state index contributed by atoms with van der Waals surface area (Å²) in [5.41, 5.74) is -0.0364. The number of likely N-dealkylation sites (tertiary alicyclic amines) is 1. The molecule has 1 aliphatic heterocycles. The van der Waals surface area contributed by atoms with Crippen molar-refractivity contribution in [3.8, 4) is 0 Å². The molecule has 16 heavy (non-hydrogen) atoms. The molecule has 4 heteroatoms. The molecule has 1 rings (SSSR count). The van der Waals surface area contributed by atoms with Gasteiger partial charge in [0.2, 0.25) is 0 Å². The van der Waals surface area contributed by atoms with Crippen molar-refractivity contribution in [2.75, 3.05) is 54.1 Å². The predicted octanol–water partition coefficient (Wildman–Crippen LogP) is 0.411. The zero-order valence-electron chi connectivity index (χ0n) is 10.9. The number of hydrogen-bond donors (Lipinski definition) is 1. The summed E-state index contributed by atoms with van der Waals surface area (Å²) in [5, 5.41) is 9.61. The summed E-state index contributed by atoms with van der Waals surface area (Å²) in [5.74, 6) is 0. The maximum Gasteiger partial charge on any atom is 0.0627 e. The molecule has 1 heterocycles. The largest absolute Gasteiger partial charge is 0.394 e. The first-order valence-electron chi connectivity index (χ1n) is 6.14. The van der Waals surface area contributed by atoms with Gasteiger partial charge in [-0.05, 0) is 39.9 Å². The summed E-state index contributed by atoms with van der Waals surface area (Å²) >= 11 is 0. The van der Waals surface area contributed by atoms with Crippen molar-refractivity contribution in [2.45, 2.75) is 24.8 Å². The van der Waals surface area contributed by atoms with Crippen LogP contribution in [0, 0.1) is 0 Å². The first-order valence-corrected chi connectivity index (χ1v) is 6.14. The van der Waals surface area contributed by atoms with Crippen LogP contribution in [0.4, 0.5) is 0 Å². The lowest BCUT2D eigenvalue weighted by Gasteiger charge is -2.46. The van der Waals surface area contributed by atoms with Crippen molar-refractivity contribution in [1.82, 2.24) is 9.80 Å². The van der Waals surface area contributed by atoms with Crippen LogP contribution < -0.4 is 0 Å². The van der Waals surface area contributed by atoms with Crippen molar-refractivity contribution >= 4 is 0 Å². The predicted molar refractivity (Wildman–Crippen MR) is 65.7 cm³/mol. The van der Waals surface area contributed by atoms with Gasteiger partial charge in [-0.15, -0.1) is 0 Å². The number of rotatable bonds is 6. The number of hydrogen-bond acceptors (Lipinski definition) is 4. The topological polar surface area (TPSA) is 35.9 Å². The van der Waals surface area contributed by atoms with Crippen LogP contribution in [0.2, 0.25) is 0 Å². The molecule has 0 aliphatic carbocycles. The van der Waals surface area contributed by atoms with E-state index in [0.717, 1.165) is 39.1 Å². The molecule has 1 unspecified atom stereocenters. The van der Waals surface area contributed by atoms with E-state index in [9.17, 15) is 5.11 Å². The molecular weight excluding hydrogens is 204 g/mol. The molecule has 1 atom stereocenters. The van der Waals surface area contributed by atoms with Gasteiger partial charge in [-0.2, -0.15) is 0 Å². The number of likely N-dealkylation sites (N-methyl/N-ethyl adjacent to an activating group) is 1. The standard InChI is InChI=1S/C12H26N2O2/c1-13(2)12(11-15)6-4-7-14(10-12)8-5-9-16-3/h15H,4-11H2,1-3H3. The smallest absolute Gasteiger partial charge is 0.0627 e. The quantitative estimate of drug-likeness (QED) is 0.671. The Kier molecular flexibility index (Phi) is 5.69. The van der Waals surface area contributed by atoms with Crippen LogP contribution in [0.1, 0.15) is 19.3 Å². The fourth-order valence-electron chi connectivity index (χ4n) is 2.46. The Labute approximate surface area is 99.2 Å². The summed E-state index contributed by atoms with van der Waals surface area (Å²) < 4.78 is 5.07. The highest BCUT2D eigenvalue weighted by atomic mass is 16.5. The minimum absolute atomic E-state index is 0.0364. The Hall–Kier alpha value is -0.160. The first kappa shape index (κ1) is 13.9. The summed E-state index contributed by atoms with van der Waals surface area (Å²) in [6, 6.07) is 0. The van der Waals surface area contributed by atoms with Crippen LogP contribution in [0.5, 0.6) is 0 Å². The van der Waals surface area contributed by atoms with Gasteiger partial charge in [-0.3, -0.25) is 0 Å². The van der Waals surface area contributed by atoms with Gasteiger partial charge >= 0.3 is 0 Å². The van der Waals surface area contributed by atoms with Gasteiger partial charge in [0.25, 0.3) is 0 Å². The lowest BCUT2D eigenvalue weighted by atomic mass is 9.88. The maximum absolute atomic E-state index is 9.61. The molecule has 1 aliphatic rings. The zero-order chi connectivity index (χ0) is 12.0.